The summed E-state index contributed by atoms with van der Waals surface area (Å²) in [5.74, 6) is 0. The third-order valence-electron chi connectivity index (χ3n) is 3.26. The maximum atomic E-state index is 12.4. The topological polar surface area (TPSA) is 79.3 Å². The van der Waals surface area contributed by atoms with Gasteiger partial charge in [0.25, 0.3) is 0 Å². The first-order valence-corrected chi connectivity index (χ1v) is 8.03. The number of aryl methyl sites for hydroxylation is 2. The van der Waals surface area contributed by atoms with Crippen LogP contribution in [0, 0.1) is 13.8 Å². The van der Waals surface area contributed by atoms with Crippen molar-refractivity contribution in [2.45, 2.75) is 31.9 Å². The third kappa shape index (κ3) is 3.66. The minimum Gasteiger partial charge on any atom is -0.392 e. The molecule has 1 heterocycles. The van der Waals surface area contributed by atoms with Crippen molar-refractivity contribution in [3.63, 3.8) is 0 Å². The van der Waals surface area contributed by atoms with Crippen molar-refractivity contribution < 1.29 is 13.5 Å². The zero-order valence-electron chi connectivity index (χ0n) is 12.0. The summed E-state index contributed by atoms with van der Waals surface area (Å²) >= 11 is 0. The fraction of sp³-hybridized carbons (Fsp3) is 0.267. The highest BCUT2D eigenvalue weighted by Gasteiger charge is 2.18. The van der Waals surface area contributed by atoms with Crippen molar-refractivity contribution in [2.75, 3.05) is 0 Å². The first-order valence-electron chi connectivity index (χ1n) is 6.54. The van der Waals surface area contributed by atoms with Gasteiger partial charge in [0.05, 0.1) is 23.7 Å². The molecule has 0 radical (unpaired) electrons. The van der Waals surface area contributed by atoms with Gasteiger partial charge in [-0.25, -0.2) is 13.1 Å². The summed E-state index contributed by atoms with van der Waals surface area (Å²) < 4.78 is 27.3. The molecular weight excluding hydrogens is 288 g/mol. The van der Waals surface area contributed by atoms with Gasteiger partial charge in [0.15, 0.2) is 0 Å². The summed E-state index contributed by atoms with van der Waals surface area (Å²) in [6.07, 6.45) is 1.62. The van der Waals surface area contributed by atoms with Gasteiger partial charge < -0.3 is 5.11 Å². The number of nitrogens with one attached hydrogen (secondary N) is 1. The second-order valence-electron chi connectivity index (χ2n) is 4.85. The van der Waals surface area contributed by atoms with Crippen LogP contribution in [-0.4, -0.2) is 18.5 Å². The van der Waals surface area contributed by atoms with Crippen LogP contribution in [0.3, 0.4) is 0 Å². The maximum Gasteiger partial charge on any atom is 0.241 e. The monoisotopic (exact) mass is 306 g/mol. The van der Waals surface area contributed by atoms with Crippen LogP contribution in [0.25, 0.3) is 0 Å². The lowest BCUT2D eigenvalue weighted by atomic mass is 10.1. The van der Waals surface area contributed by atoms with Gasteiger partial charge in [-0.3, -0.25) is 4.98 Å². The van der Waals surface area contributed by atoms with E-state index in [-0.39, 0.29) is 18.0 Å². The Hall–Kier alpha value is -1.76. The number of nitrogens with zero attached hydrogens (tertiary/aromatic N) is 1. The largest absolute Gasteiger partial charge is 0.392 e. The Bertz CT molecular complexity index is 728. The number of benzene rings is 1. The second-order valence-corrected chi connectivity index (χ2v) is 6.58. The van der Waals surface area contributed by atoms with Crippen LogP contribution in [0.2, 0.25) is 0 Å². The Morgan fingerprint density at radius 3 is 2.57 bits per heavy atom. The summed E-state index contributed by atoms with van der Waals surface area (Å²) in [7, 11) is -3.64. The molecule has 2 aromatic rings. The fourth-order valence-electron chi connectivity index (χ4n) is 2.08. The molecule has 0 bridgehead atoms. The summed E-state index contributed by atoms with van der Waals surface area (Å²) in [6.45, 7) is 3.53. The lowest BCUT2D eigenvalue weighted by Gasteiger charge is -2.12. The first-order chi connectivity index (χ1) is 9.94. The standard InChI is InChI=1S/C15H18N2O3S/c1-11-7-12(2)15(8-13(11)10-18)21(19,20)17-9-14-5-3-4-6-16-14/h3-8,17-18H,9-10H2,1-2H3. The van der Waals surface area contributed by atoms with E-state index in [1.807, 2.05) is 6.92 Å². The van der Waals surface area contributed by atoms with Gasteiger partial charge in [0.2, 0.25) is 10.0 Å². The lowest BCUT2D eigenvalue weighted by Crippen LogP contribution is -2.24. The van der Waals surface area contributed by atoms with Gasteiger partial charge >= 0.3 is 0 Å². The van der Waals surface area contributed by atoms with Gasteiger partial charge in [0.1, 0.15) is 0 Å². The molecule has 1 aromatic heterocycles. The van der Waals surface area contributed by atoms with Crippen LogP contribution >= 0.6 is 0 Å². The average molecular weight is 306 g/mol. The van der Waals surface area contributed by atoms with Gasteiger partial charge in [-0.2, -0.15) is 0 Å². The van der Waals surface area contributed by atoms with Crippen molar-refractivity contribution in [2.24, 2.45) is 0 Å². The van der Waals surface area contributed by atoms with E-state index in [1.165, 1.54) is 6.07 Å². The van der Waals surface area contributed by atoms with Crippen LogP contribution < -0.4 is 4.72 Å². The van der Waals surface area contributed by atoms with E-state index in [9.17, 15) is 13.5 Å². The molecule has 112 valence electrons. The molecule has 1 aromatic carbocycles. The number of aliphatic hydroxyl groups excluding tert-OH is 1. The molecule has 0 atom stereocenters. The average Bonchev–Trinajstić information content (AvgIpc) is 2.46. The second kappa shape index (κ2) is 6.34. The van der Waals surface area contributed by atoms with Crippen molar-refractivity contribution in [3.8, 4) is 0 Å². The van der Waals surface area contributed by atoms with E-state index in [0.717, 1.165) is 5.56 Å². The van der Waals surface area contributed by atoms with E-state index in [1.54, 1.807) is 37.4 Å². The van der Waals surface area contributed by atoms with Gasteiger partial charge in [-0.05, 0) is 48.7 Å². The Morgan fingerprint density at radius 1 is 1.19 bits per heavy atom. The molecule has 0 amide bonds. The van der Waals surface area contributed by atoms with Crippen molar-refractivity contribution in [3.05, 3.63) is 58.9 Å². The van der Waals surface area contributed by atoms with E-state index in [0.29, 0.717) is 16.8 Å². The van der Waals surface area contributed by atoms with Crippen molar-refractivity contribution in [1.82, 2.24) is 9.71 Å². The van der Waals surface area contributed by atoms with E-state index in [4.69, 9.17) is 0 Å². The summed E-state index contributed by atoms with van der Waals surface area (Å²) in [5.41, 5.74) is 2.78. The van der Waals surface area contributed by atoms with Gasteiger partial charge in [0, 0.05) is 6.20 Å². The summed E-state index contributed by atoms with van der Waals surface area (Å²) in [4.78, 5) is 4.27. The number of hydrogen-bond acceptors (Lipinski definition) is 4. The molecule has 6 heteroatoms. The van der Waals surface area contributed by atoms with Crippen molar-refractivity contribution in [1.29, 1.82) is 0 Å². The van der Waals surface area contributed by atoms with E-state index in [2.05, 4.69) is 9.71 Å². The Morgan fingerprint density at radius 2 is 1.95 bits per heavy atom. The summed E-state index contributed by atoms with van der Waals surface area (Å²) in [5, 5.41) is 9.28. The fourth-order valence-corrected chi connectivity index (χ4v) is 3.36. The molecule has 5 nitrogen and oxygen atoms in total. The first kappa shape index (κ1) is 15.6. The molecule has 2 rings (SSSR count). The lowest BCUT2D eigenvalue weighted by molar-refractivity contribution is 0.280. The SMILES string of the molecule is Cc1cc(C)c(S(=O)(=O)NCc2ccccn2)cc1CO. The number of sulfonamides is 1. The molecule has 0 saturated heterocycles. The third-order valence-corrected chi connectivity index (χ3v) is 4.81. The molecule has 0 aliphatic heterocycles. The zero-order valence-corrected chi connectivity index (χ0v) is 12.8. The minimum absolute atomic E-state index is 0.130. The number of aromatic nitrogens is 1. The Balaban J connectivity index is 2.27. The van der Waals surface area contributed by atoms with Crippen LogP contribution in [0.5, 0.6) is 0 Å². The van der Waals surface area contributed by atoms with Crippen LogP contribution in [-0.2, 0) is 23.2 Å². The van der Waals surface area contributed by atoms with Crippen LogP contribution in [0.1, 0.15) is 22.4 Å². The maximum absolute atomic E-state index is 12.4. The highest BCUT2D eigenvalue weighted by atomic mass is 32.2. The smallest absolute Gasteiger partial charge is 0.241 e. The predicted octanol–water partition coefficient (Wildman–Crippen LogP) is 1.67. The zero-order chi connectivity index (χ0) is 15.5. The molecule has 0 spiro atoms. The molecule has 21 heavy (non-hydrogen) atoms. The highest BCUT2D eigenvalue weighted by molar-refractivity contribution is 7.89. The molecular formula is C15H18N2O3S. The number of aliphatic hydroxyl groups is 1. The number of hydrogen-bond donors (Lipinski definition) is 2. The Kier molecular flexibility index (Phi) is 4.72. The Labute approximate surface area is 124 Å². The molecule has 0 fully saturated rings. The molecule has 0 aliphatic rings. The van der Waals surface area contributed by atoms with Gasteiger partial charge in [-0.1, -0.05) is 12.1 Å². The van der Waals surface area contributed by atoms with Crippen molar-refractivity contribution >= 4 is 10.0 Å². The molecule has 0 saturated carbocycles. The molecule has 0 aliphatic carbocycles. The quantitative estimate of drug-likeness (QED) is 0.880. The predicted molar refractivity (Wildman–Crippen MR) is 80.1 cm³/mol. The van der Waals surface area contributed by atoms with Gasteiger partial charge in [-0.15, -0.1) is 0 Å². The summed E-state index contributed by atoms with van der Waals surface area (Å²) in [6, 6.07) is 8.61. The van der Waals surface area contributed by atoms with Crippen LogP contribution in [0.4, 0.5) is 0 Å². The molecule has 0 unspecified atom stereocenters. The molecule has 2 N–H and O–H groups in total. The number of pyridine rings is 1. The van der Waals surface area contributed by atoms with Crippen LogP contribution in [0.15, 0.2) is 41.4 Å². The number of rotatable bonds is 5. The normalized spacial score (nSPS) is 11.6. The highest BCUT2D eigenvalue weighted by Crippen LogP contribution is 2.20. The van der Waals surface area contributed by atoms with E-state index < -0.39 is 10.0 Å². The minimum atomic E-state index is -3.64. The van der Waals surface area contributed by atoms with E-state index >= 15 is 0 Å².